The molecule has 1 unspecified atom stereocenters. The minimum Gasteiger partial charge on any atom is -0.298 e. The van der Waals surface area contributed by atoms with Gasteiger partial charge in [0, 0.05) is 20.4 Å². The third-order valence-corrected chi connectivity index (χ3v) is 8.18. The van der Waals surface area contributed by atoms with E-state index < -0.39 is 10.0 Å². The molecule has 3 aromatic rings. The van der Waals surface area contributed by atoms with E-state index in [0.717, 1.165) is 20.4 Å². The van der Waals surface area contributed by atoms with Crippen molar-refractivity contribution in [1.29, 1.82) is 0 Å². The van der Waals surface area contributed by atoms with Crippen LogP contribution in [0.1, 0.15) is 12.6 Å². The second-order valence-corrected chi connectivity index (χ2v) is 10.4. The van der Waals surface area contributed by atoms with Crippen LogP contribution in [0, 0.1) is 6.92 Å². The summed E-state index contributed by atoms with van der Waals surface area (Å²) < 4.78 is 29.0. The predicted molar refractivity (Wildman–Crippen MR) is 112 cm³/mol. The van der Waals surface area contributed by atoms with Gasteiger partial charge >= 0.3 is 0 Å². The minimum absolute atomic E-state index is 0.214. The molecular weight excluding hydrogens is 432 g/mol. The zero-order valence-corrected chi connectivity index (χ0v) is 18.3. The van der Waals surface area contributed by atoms with Gasteiger partial charge in [-0.3, -0.25) is 4.90 Å². The molecule has 1 atom stereocenters. The molecule has 0 bridgehead atoms. The summed E-state index contributed by atoms with van der Waals surface area (Å²) in [5, 5.41) is 1.15. The summed E-state index contributed by atoms with van der Waals surface area (Å²) in [4.78, 5) is 3.39. The quantitative estimate of drug-likeness (QED) is 0.405. The lowest BCUT2D eigenvalue weighted by molar-refractivity contribution is 0.402. The van der Waals surface area contributed by atoms with Crippen molar-refractivity contribution < 1.29 is 8.42 Å². The molecule has 1 heterocycles. The van der Waals surface area contributed by atoms with Crippen molar-refractivity contribution in [1.82, 2.24) is 8.87 Å². The molecule has 0 aliphatic carbocycles. The molecular formula is C19H21BrN2O2S2. The highest BCUT2D eigenvalue weighted by Crippen LogP contribution is 2.39. The number of rotatable bonds is 5. The zero-order chi connectivity index (χ0) is 19.1. The Hall–Kier alpha value is -1.28. The molecule has 0 aliphatic heterocycles. The van der Waals surface area contributed by atoms with E-state index in [0.29, 0.717) is 10.4 Å². The van der Waals surface area contributed by atoms with Gasteiger partial charge in [0.1, 0.15) is 0 Å². The molecule has 138 valence electrons. The van der Waals surface area contributed by atoms with Gasteiger partial charge in [-0.15, -0.1) is 11.8 Å². The second kappa shape index (κ2) is 7.38. The smallest absolute Gasteiger partial charge is 0.268 e. The summed E-state index contributed by atoms with van der Waals surface area (Å²) >= 11 is 5.18. The van der Waals surface area contributed by atoms with Gasteiger partial charge in [0.15, 0.2) is 0 Å². The van der Waals surface area contributed by atoms with Crippen molar-refractivity contribution >= 4 is 48.6 Å². The molecule has 1 aromatic heterocycles. The van der Waals surface area contributed by atoms with Crippen molar-refractivity contribution in [3.8, 4) is 0 Å². The first-order valence-corrected chi connectivity index (χ1v) is 11.3. The summed E-state index contributed by atoms with van der Waals surface area (Å²) in [6.45, 7) is 3.98. The summed E-state index contributed by atoms with van der Waals surface area (Å²) in [5.41, 5.74) is 1.43. The average molecular weight is 453 g/mol. The van der Waals surface area contributed by atoms with E-state index in [9.17, 15) is 8.42 Å². The fraction of sp³-hybridized carbons (Fsp3) is 0.263. The Kier molecular flexibility index (Phi) is 5.53. The molecule has 0 aliphatic rings. The molecule has 3 rings (SSSR count). The summed E-state index contributed by atoms with van der Waals surface area (Å²) in [6, 6.07) is 14.3. The first kappa shape index (κ1) is 19.5. The number of nitrogens with zero attached hydrogens (tertiary/aromatic N) is 2. The number of thioether (sulfide) groups is 1. The monoisotopic (exact) mass is 452 g/mol. The Morgan fingerprint density at radius 3 is 2.38 bits per heavy atom. The third-order valence-electron chi connectivity index (χ3n) is 4.35. The standard InChI is InChI=1S/C19H21BrN2O2S2/c1-13-19(25-14(2)21(3)4)17-12-15(20)10-11-18(17)22(13)26(23,24)16-8-6-5-7-9-16/h5-12,14H,1-4H3. The molecule has 2 aromatic carbocycles. The first-order chi connectivity index (χ1) is 12.2. The third kappa shape index (κ3) is 3.45. The van der Waals surface area contributed by atoms with E-state index >= 15 is 0 Å². The molecule has 7 heteroatoms. The fourth-order valence-electron chi connectivity index (χ4n) is 2.77. The van der Waals surface area contributed by atoms with E-state index in [4.69, 9.17) is 0 Å². The molecule has 26 heavy (non-hydrogen) atoms. The molecule has 0 saturated carbocycles. The Morgan fingerprint density at radius 1 is 1.12 bits per heavy atom. The van der Waals surface area contributed by atoms with Crippen LogP contribution in [0.4, 0.5) is 0 Å². The van der Waals surface area contributed by atoms with Gasteiger partial charge < -0.3 is 0 Å². The molecule has 4 nitrogen and oxygen atoms in total. The Balaban J connectivity index is 2.29. The van der Waals surface area contributed by atoms with Crippen LogP contribution < -0.4 is 0 Å². The lowest BCUT2D eigenvalue weighted by Crippen LogP contribution is -2.21. The minimum atomic E-state index is -3.67. The van der Waals surface area contributed by atoms with Crippen molar-refractivity contribution in [2.75, 3.05) is 14.1 Å². The van der Waals surface area contributed by atoms with Gasteiger partial charge in [0.25, 0.3) is 10.0 Å². The number of benzene rings is 2. The van der Waals surface area contributed by atoms with Crippen LogP contribution >= 0.6 is 27.7 Å². The van der Waals surface area contributed by atoms with Crippen LogP contribution in [-0.2, 0) is 10.0 Å². The second-order valence-electron chi connectivity index (χ2n) is 6.34. The molecule has 0 spiro atoms. The van der Waals surface area contributed by atoms with E-state index in [-0.39, 0.29) is 5.37 Å². The van der Waals surface area contributed by atoms with E-state index in [1.807, 2.05) is 45.3 Å². The van der Waals surface area contributed by atoms with Gasteiger partial charge in [-0.05, 0) is 58.3 Å². The van der Waals surface area contributed by atoms with Crippen LogP contribution in [0.2, 0.25) is 0 Å². The van der Waals surface area contributed by atoms with E-state index in [1.54, 1.807) is 36.0 Å². The van der Waals surface area contributed by atoms with Crippen LogP contribution in [0.5, 0.6) is 0 Å². The maximum absolute atomic E-state index is 13.3. The number of hydrogen-bond donors (Lipinski definition) is 0. The van der Waals surface area contributed by atoms with Gasteiger partial charge in [-0.25, -0.2) is 12.4 Å². The average Bonchev–Trinajstić information content (AvgIpc) is 2.87. The van der Waals surface area contributed by atoms with Gasteiger partial charge in [0.05, 0.1) is 15.8 Å². The topological polar surface area (TPSA) is 42.3 Å². The maximum Gasteiger partial charge on any atom is 0.268 e. The lowest BCUT2D eigenvalue weighted by Gasteiger charge is -2.19. The highest BCUT2D eigenvalue weighted by Gasteiger charge is 2.26. The van der Waals surface area contributed by atoms with Crippen molar-refractivity contribution in [2.45, 2.75) is 29.0 Å². The molecule has 0 amide bonds. The lowest BCUT2D eigenvalue weighted by atomic mass is 10.2. The van der Waals surface area contributed by atoms with Crippen LogP contribution in [0.25, 0.3) is 10.9 Å². The van der Waals surface area contributed by atoms with Gasteiger partial charge in [0.2, 0.25) is 0 Å². The highest BCUT2D eigenvalue weighted by molar-refractivity contribution is 9.10. The van der Waals surface area contributed by atoms with Crippen LogP contribution in [-0.4, -0.2) is 36.8 Å². The Morgan fingerprint density at radius 2 is 1.77 bits per heavy atom. The number of fused-ring (bicyclic) bond motifs is 1. The van der Waals surface area contributed by atoms with Crippen LogP contribution in [0.15, 0.2) is 62.8 Å². The van der Waals surface area contributed by atoms with E-state index in [2.05, 4.69) is 27.8 Å². The summed E-state index contributed by atoms with van der Waals surface area (Å²) in [7, 11) is 0.363. The van der Waals surface area contributed by atoms with Gasteiger partial charge in [-0.1, -0.05) is 34.1 Å². The normalized spacial score (nSPS) is 13.5. The predicted octanol–water partition coefficient (Wildman–Crippen LogP) is 4.95. The van der Waals surface area contributed by atoms with Gasteiger partial charge in [-0.2, -0.15) is 0 Å². The van der Waals surface area contributed by atoms with Crippen LogP contribution in [0.3, 0.4) is 0 Å². The number of hydrogen-bond acceptors (Lipinski definition) is 4. The fourth-order valence-corrected chi connectivity index (χ4v) is 5.87. The number of halogens is 1. The molecule has 0 N–H and O–H groups in total. The summed E-state index contributed by atoms with van der Waals surface area (Å²) in [5.74, 6) is 0. The maximum atomic E-state index is 13.3. The number of aromatic nitrogens is 1. The highest BCUT2D eigenvalue weighted by atomic mass is 79.9. The van der Waals surface area contributed by atoms with Crippen molar-refractivity contribution in [3.63, 3.8) is 0 Å². The first-order valence-electron chi connectivity index (χ1n) is 8.17. The van der Waals surface area contributed by atoms with Crippen molar-refractivity contribution in [2.24, 2.45) is 0 Å². The molecule has 0 fully saturated rings. The molecule has 0 saturated heterocycles. The SMILES string of the molecule is Cc1c(SC(C)N(C)C)c2cc(Br)ccc2n1S(=O)(=O)c1ccccc1. The zero-order valence-electron chi connectivity index (χ0n) is 15.1. The Labute approximate surface area is 167 Å². The largest absolute Gasteiger partial charge is 0.298 e. The summed E-state index contributed by atoms with van der Waals surface area (Å²) in [6.07, 6.45) is 0. The van der Waals surface area contributed by atoms with Crippen molar-refractivity contribution in [3.05, 3.63) is 58.7 Å². The Bertz CT molecular complexity index is 1040. The molecule has 0 radical (unpaired) electrons. The van der Waals surface area contributed by atoms with E-state index in [1.165, 1.54) is 3.97 Å².